The van der Waals surface area contributed by atoms with Gasteiger partial charge in [0, 0.05) is 18.8 Å². The molecule has 0 bridgehead atoms. The first-order chi connectivity index (χ1) is 5.84. The molecule has 1 unspecified atom stereocenters. The molecule has 1 aliphatic carbocycles. The minimum absolute atomic E-state index is 0.378. The van der Waals surface area contributed by atoms with Crippen LogP contribution in [0.4, 0.5) is 0 Å². The average Bonchev–Trinajstić information content (AvgIpc) is 2.46. The summed E-state index contributed by atoms with van der Waals surface area (Å²) in [7, 11) is 0. The first-order valence-corrected chi connectivity index (χ1v) is 4.77. The first-order valence-electron chi connectivity index (χ1n) is 4.77. The van der Waals surface area contributed by atoms with Gasteiger partial charge in [-0.15, -0.1) is 11.8 Å². The molecule has 1 rings (SSSR count). The van der Waals surface area contributed by atoms with Gasteiger partial charge in [0.15, 0.2) is 0 Å². The van der Waals surface area contributed by atoms with E-state index in [9.17, 15) is 4.79 Å². The van der Waals surface area contributed by atoms with Crippen LogP contribution in [-0.2, 0) is 4.79 Å². The van der Waals surface area contributed by atoms with E-state index in [0.29, 0.717) is 11.7 Å². The number of rotatable bonds is 3. The molecule has 0 aliphatic heterocycles. The molecule has 0 N–H and O–H groups in total. The summed E-state index contributed by atoms with van der Waals surface area (Å²) in [5, 5.41) is 0. The van der Waals surface area contributed by atoms with Gasteiger partial charge in [0.05, 0.1) is 0 Å². The van der Waals surface area contributed by atoms with Gasteiger partial charge < -0.3 is 0 Å². The Balaban J connectivity index is 2.13. The Morgan fingerprint density at radius 3 is 3.00 bits per heavy atom. The van der Waals surface area contributed by atoms with E-state index in [0.717, 1.165) is 38.5 Å². The Bertz CT molecular complexity index is 207. The molecule has 0 heterocycles. The van der Waals surface area contributed by atoms with Gasteiger partial charge >= 0.3 is 0 Å². The molecule has 1 fully saturated rings. The van der Waals surface area contributed by atoms with Crippen molar-refractivity contribution < 1.29 is 4.79 Å². The molecule has 1 aliphatic rings. The predicted molar refractivity (Wildman–Crippen MR) is 49.6 cm³/mol. The highest BCUT2D eigenvalue weighted by Gasteiger charge is 2.23. The normalized spacial score (nSPS) is 22.1. The summed E-state index contributed by atoms with van der Waals surface area (Å²) in [4.78, 5) is 11.2. The Hall–Kier alpha value is -0.770. The lowest BCUT2D eigenvalue weighted by molar-refractivity contribution is -0.120. The van der Waals surface area contributed by atoms with Crippen LogP contribution >= 0.6 is 0 Å². The Morgan fingerprint density at radius 2 is 2.42 bits per heavy atom. The zero-order valence-electron chi connectivity index (χ0n) is 7.73. The van der Waals surface area contributed by atoms with Gasteiger partial charge in [-0.3, -0.25) is 4.79 Å². The highest BCUT2D eigenvalue weighted by Crippen LogP contribution is 2.25. The molecule has 1 atom stereocenters. The third-order valence-electron chi connectivity index (χ3n) is 2.46. The second-order valence-corrected chi connectivity index (χ2v) is 3.37. The minimum Gasteiger partial charge on any atom is -0.299 e. The molecule has 0 amide bonds. The number of hydrogen-bond acceptors (Lipinski definition) is 1. The van der Waals surface area contributed by atoms with Crippen LogP contribution in [0, 0.1) is 17.8 Å². The van der Waals surface area contributed by atoms with Crippen LogP contribution in [0.15, 0.2) is 0 Å². The summed E-state index contributed by atoms with van der Waals surface area (Å²) in [6.07, 6.45) is 6.18. The van der Waals surface area contributed by atoms with Gasteiger partial charge in [0.1, 0.15) is 5.78 Å². The molecule has 66 valence electrons. The summed E-state index contributed by atoms with van der Waals surface area (Å²) in [6, 6.07) is 0. The van der Waals surface area contributed by atoms with Gasteiger partial charge in [-0.05, 0) is 32.6 Å². The summed E-state index contributed by atoms with van der Waals surface area (Å²) in [5.74, 6) is 6.76. The molecule has 0 radical (unpaired) electrons. The molecule has 1 saturated carbocycles. The largest absolute Gasteiger partial charge is 0.299 e. The molecule has 0 aromatic heterocycles. The highest BCUT2D eigenvalue weighted by molar-refractivity contribution is 5.82. The molecular weight excluding hydrogens is 148 g/mol. The van der Waals surface area contributed by atoms with Crippen LogP contribution in [-0.4, -0.2) is 5.78 Å². The molecule has 0 spiro atoms. The number of unbranched alkanes of at least 4 members (excludes halogenated alkanes) is 1. The highest BCUT2D eigenvalue weighted by atomic mass is 16.1. The third-order valence-corrected chi connectivity index (χ3v) is 2.46. The van der Waals surface area contributed by atoms with Crippen molar-refractivity contribution in [1.29, 1.82) is 0 Å². The molecule has 1 nitrogen and oxygen atoms in total. The van der Waals surface area contributed by atoms with Crippen LogP contribution in [0.1, 0.15) is 45.4 Å². The second kappa shape index (κ2) is 4.98. The maximum Gasteiger partial charge on any atom is 0.135 e. The number of carbonyl (C=O) groups is 1. The summed E-state index contributed by atoms with van der Waals surface area (Å²) < 4.78 is 0. The smallest absolute Gasteiger partial charge is 0.135 e. The molecule has 0 aromatic rings. The van der Waals surface area contributed by atoms with Crippen molar-refractivity contribution in [2.75, 3.05) is 0 Å². The Kier molecular flexibility index (Phi) is 3.87. The minimum atomic E-state index is 0.378. The molecule has 1 heteroatoms. The predicted octanol–water partition coefficient (Wildman–Crippen LogP) is 2.55. The van der Waals surface area contributed by atoms with E-state index in [4.69, 9.17) is 0 Å². The molecule has 0 aromatic carbocycles. The summed E-state index contributed by atoms with van der Waals surface area (Å²) in [6.45, 7) is 1.86. The van der Waals surface area contributed by atoms with E-state index >= 15 is 0 Å². The fourth-order valence-electron chi connectivity index (χ4n) is 1.75. The summed E-state index contributed by atoms with van der Waals surface area (Å²) >= 11 is 0. The van der Waals surface area contributed by atoms with Crippen LogP contribution in [0.3, 0.4) is 0 Å². The Labute approximate surface area is 74.5 Å². The fourth-order valence-corrected chi connectivity index (χ4v) is 1.75. The lowest BCUT2D eigenvalue weighted by Gasteiger charge is -2.04. The van der Waals surface area contributed by atoms with Crippen molar-refractivity contribution in [3.63, 3.8) is 0 Å². The summed E-state index contributed by atoms with van der Waals surface area (Å²) in [5.41, 5.74) is 0. The lowest BCUT2D eigenvalue weighted by atomic mass is 10.00. The maximum absolute atomic E-state index is 11.2. The van der Waals surface area contributed by atoms with Crippen LogP contribution in [0.25, 0.3) is 0 Å². The topological polar surface area (TPSA) is 17.1 Å². The van der Waals surface area contributed by atoms with Crippen LogP contribution in [0.2, 0.25) is 0 Å². The standard InChI is InChI=1S/C11H16O/c1-2-3-4-5-7-10-8-6-9-11(10)12/h10H,4-9H2,1H3. The van der Waals surface area contributed by atoms with Crippen LogP contribution < -0.4 is 0 Å². The van der Waals surface area contributed by atoms with Crippen molar-refractivity contribution in [3.05, 3.63) is 0 Å². The van der Waals surface area contributed by atoms with Gasteiger partial charge in [0.25, 0.3) is 0 Å². The van der Waals surface area contributed by atoms with Crippen molar-refractivity contribution in [2.24, 2.45) is 5.92 Å². The van der Waals surface area contributed by atoms with Gasteiger partial charge in [0.2, 0.25) is 0 Å². The molecule has 12 heavy (non-hydrogen) atoms. The van der Waals surface area contributed by atoms with Gasteiger partial charge in [-0.1, -0.05) is 0 Å². The zero-order chi connectivity index (χ0) is 8.81. The lowest BCUT2D eigenvalue weighted by Crippen LogP contribution is -2.05. The van der Waals surface area contributed by atoms with Crippen molar-refractivity contribution in [2.45, 2.75) is 45.4 Å². The van der Waals surface area contributed by atoms with E-state index in [1.165, 1.54) is 0 Å². The van der Waals surface area contributed by atoms with E-state index < -0.39 is 0 Å². The number of ketones is 1. The van der Waals surface area contributed by atoms with E-state index in [-0.39, 0.29) is 0 Å². The maximum atomic E-state index is 11.2. The number of Topliss-reactive ketones (excluding diaryl/α,β-unsaturated/α-hetero) is 1. The van der Waals surface area contributed by atoms with E-state index in [2.05, 4.69) is 11.8 Å². The van der Waals surface area contributed by atoms with E-state index in [1.54, 1.807) is 0 Å². The first kappa shape index (κ1) is 9.32. The Morgan fingerprint density at radius 1 is 1.58 bits per heavy atom. The van der Waals surface area contributed by atoms with Crippen molar-refractivity contribution in [1.82, 2.24) is 0 Å². The van der Waals surface area contributed by atoms with Crippen molar-refractivity contribution in [3.8, 4) is 11.8 Å². The van der Waals surface area contributed by atoms with Gasteiger partial charge in [-0.2, -0.15) is 0 Å². The van der Waals surface area contributed by atoms with Gasteiger partial charge in [-0.25, -0.2) is 0 Å². The fraction of sp³-hybridized carbons (Fsp3) is 0.727. The third kappa shape index (κ3) is 2.70. The van der Waals surface area contributed by atoms with Crippen LogP contribution in [0.5, 0.6) is 0 Å². The molecular formula is C11H16O. The zero-order valence-corrected chi connectivity index (χ0v) is 7.73. The number of hydrogen-bond donors (Lipinski definition) is 0. The quantitative estimate of drug-likeness (QED) is 0.463. The number of carbonyl (C=O) groups excluding carboxylic acids is 1. The average molecular weight is 164 g/mol. The SMILES string of the molecule is CC#CCCCC1CCCC1=O. The second-order valence-electron chi connectivity index (χ2n) is 3.37. The van der Waals surface area contributed by atoms with E-state index in [1.807, 2.05) is 6.92 Å². The van der Waals surface area contributed by atoms with Crippen molar-refractivity contribution >= 4 is 5.78 Å². The monoisotopic (exact) mass is 164 g/mol. The molecule has 0 saturated heterocycles.